The van der Waals surface area contributed by atoms with Crippen LogP contribution in [-0.4, -0.2) is 9.38 Å². The molecule has 14 heavy (non-hydrogen) atoms. The molecule has 0 spiro atoms. The number of imidazole rings is 1. The highest BCUT2D eigenvalue weighted by molar-refractivity contribution is 5.48. The summed E-state index contributed by atoms with van der Waals surface area (Å²) in [7, 11) is 0. The van der Waals surface area contributed by atoms with Crippen LogP contribution in [-0.2, 0) is 0 Å². The normalized spacial score (nSPS) is 28.6. The second kappa shape index (κ2) is 2.19. The van der Waals surface area contributed by atoms with E-state index in [4.69, 9.17) is 4.98 Å². The van der Waals surface area contributed by atoms with Crippen LogP contribution in [0.15, 0.2) is 24.4 Å². The van der Waals surface area contributed by atoms with Gasteiger partial charge >= 0.3 is 0 Å². The van der Waals surface area contributed by atoms with Crippen LogP contribution in [0.1, 0.15) is 42.5 Å². The van der Waals surface area contributed by atoms with Crippen LogP contribution >= 0.6 is 0 Å². The molecule has 70 valence electrons. The van der Waals surface area contributed by atoms with E-state index in [2.05, 4.69) is 28.8 Å². The maximum absolute atomic E-state index is 4.74. The van der Waals surface area contributed by atoms with Crippen molar-refractivity contribution in [2.24, 2.45) is 0 Å². The Morgan fingerprint density at radius 3 is 3.14 bits per heavy atom. The zero-order valence-corrected chi connectivity index (χ0v) is 7.98. The van der Waals surface area contributed by atoms with Crippen molar-refractivity contribution in [2.75, 3.05) is 0 Å². The van der Waals surface area contributed by atoms with Crippen LogP contribution in [0.4, 0.5) is 0 Å². The largest absolute Gasteiger partial charge is 0.304 e. The molecule has 2 heterocycles. The van der Waals surface area contributed by atoms with E-state index < -0.39 is 0 Å². The van der Waals surface area contributed by atoms with E-state index in [1.807, 2.05) is 0 Å². The summed E-state index contributed by atoms with van der Waals surface area (Å²) in [6, 6.07) is 6.28. The molecule has 1 fully saturated rings. The van der Waals surface area contributed by atoms with Crippen LogP contribution < -0.4 is 0 Å². The Morgan fingerprint density at radius 2 is 2.14 bits per heavy atom. The number of nitrogens with zero attached hydrogens (tertiary/aromatic N) is 2. The van der Waals surface area contributed by atoms with Gasteiger partial charge in [-0.2, -0.15) is 0 Å². The molecule has 0 aliphatic heterocycles. The predicted molar refractivity (Wildman–Crippen MR) is 54.5 cm³/mol. The summed E-state index contributed by atoms with van der Waals surface area (Å²) in [5, 5.41) is 0. The van der Waals surface area contributed by atoms with Gasteiger partial charge in [-0.3, -0.25) is 0 Å². The van der Waals surface area contributed by atoms with Gasteiger partial charge in [-0.05, 0) is 31.4 Å². The summed E-state index contributed by atoms with van der Waals surface area (Å²) in [5.74, 6) is 1.57. The fraction of sp³-hybridized carbons (Fsp3) is 0.417. The number of aromatic nitrogens is 2. The molecule has 2 heteroatoms. The highest BCUT2D eigenvalue weighted by Gasteiger charge is 2.40. The van der Waals surface area contributed by atoms with Crippen LogP contribution in [0.5, 0.6) is 0 Å². The Labute approximate surface area is 82.6 Å². The van der Waals surface area contributed by atoms with E-state index in [-0.39, 0.29) is 0 Å². The molecule has 2 aromatic heterocycles. The quantitative estimate of drug-likeness (QED) is 0.615. The van der Waals surface area contributed by atoms with Crippen molar-refractivity contribution in [3.63, 3.8) is 0 Å². The minimum atomic E-state index is 0.773. The van der Waals surface area contributed by atoms with Crippen molar-refractivity contribution >= 4 is 5.65 Å². The molecule has 2 aliphatic carbocycles. The van der Waals surface area contributed by atoms with E-state index in [0.29, 0.717) is 0 Å². The molecule has 2 aromatic rings. The van der Waals surface area contributed by atoms with Gasteiger partial charge in [-0.25, -0.2) is 4.98 Å². The molecular formula is C12H12N2. The Morgan fingerprint density at radius 1 is 1.21 bits per heavy atom. The van der Waals surface area contributed by atoms with E-state index in [0.717, 1.165) is 17.5 Å². The number of fused-ring (bicyclic) bond motifs is 7. The zero-order chi connectivity index (χ0) is 9.12. The lowest BCUT2D eigenvalue weighted by atomic mass is 10.0. The number of pyridine rings is 1. The molecule has 2 atom stereocenters. The molecule has 2 bridgehead atoms. The minimum Gasteiger partial charge on any atom is -0.304 e. The summed E-state index contributed by atoms with van der Waals surface area (Å²) in [4.78, 5) is 4.74. The highest BCUT2D eigenvalue weighted by Crippen LogP contribution is 2.52. The van der Waals surface area contributed by atoms with Crippen molar-refractivity contribution in [2.45, 2.75) is 31.1 Å². The first-order valence-electron chi connectivity index (χ1n) is 5.40. The molecule has 2 aliphatic rings. The maximum Gasteiger partial charge on any atom is 0.137 e. The molecule has 2 unspecified atom stereocenters. The molecule has 0 aromatic carbocycles. The number of hydrogen-bond donors (Lipinski definition) is 0. The van der Waals surface area contributed by atoms with Gasteiger partial charge in [0.15, 0.2) is 0 Å². The lowest BCUT2D eigenvalue weighted by Gasteiger charge is -2.09. The topological polar surface area (TPSA) is 17.3 Å². The van der Waals surface area contributed by atoms with E-state index in [1.165, 1.54) is 30.7 Å². The van der Waals surface area contributed by atoms with Crippen molar-refractivity contribution < 1.29 is 0 Å². The summed E-state index contributed by atoms with van der Waals surface area (Å²) in [6.07, 6.45) is 6.25. The van der Waals surface area contributed by atoms with Crippen molar-refractivity contribution in [3.05, 3.63) is 35.8 Å². The van der Waals surface area contributed by atoms with E-state index >= 15 is 0 Å². The van der Waals surface area contributed by atoms with Crippen molar-refractivity contribution in [1.82, 2.24) is 9.38 Å². The standard InChI is InChI=1S/C12H12N2/c1-2-6-14-10(3-1)13-11-8-4-5-9(7-8)12(11)14/h1-3,6,8-9H,4-5,7H2. The molecule has 0 amide bonds. The number of hydrogen-bond acceptors (Lipinski definition) is 1. The smallest absolute Gasteiger partial charge is 0.137 e. The SMILES string of the molecule is c1ccn2c3c(nc2c1)C1CCC3C1. The summed E-state index contributed by atoms with van der Waals surface area (Å²) in [5.41, 5.74) is 4.04. The van der Waals surface area contributed by atoms with Gasteiger partial charge in [-0.15, -0.1) is 0 Å². The fourth-order valence-corrected chi connectivity index (χ4v) is 3.22. The lowest BCUT2D eigenvalue weighted by Crippen LogP contribution is -1.99. The summed E-state index contributed by atoms with van der Waals surface area (Å²) >= 11 is 0. The summed E-state index contributed by atoms with van der Waals surface area (Å²) < 4.78 is 2.29. The second-order valence-corrected chi connectivity index (χ2v) is 4.52. The van der Waals surface area contributed by atoms with Crippen molar-refractivity contribution in [3.8, 4) is 0 Å². The van der Waals surface area contributed by atoms with Gasteiger partial charge in [-0.1, -0.05) is 6.07 Å². The Hall–Kier alpha value is -1.31. The van der Waals surface area contributed by atoms with Crippen LogP contribution in [0.25, 0.3) is 5.65 Å². The summed E-state index contributed by atoms with van der Waals surface area (Å²) in [6.45, 7) is 0. The van der Waals surface area contributed by atoms with Crippen LogP contribution in [0.3, 0.4) is 0 Å². The van der Waals surface area contributed by atoms with E-state index in [1.54, 1.807) is 0 Å². The average Bonchev–Trinajstić information content (AvgIpc) is 2.88. The fourth-order valence-electron chi connectivity index (χ4n) is 3.22. The molecule has 0 radical (unpaired) electrons. The molecular weight excluding hydrogens is 172 g/mol. The zero-order valence-electron chi connectivity index (χ0n) is 7.98. The minimum absolute atomic E-state index is 0.773. The van der Waals surface area contributed by atoms with Gasteiger partial charge in [0.1, 0.15) is 5.65 Å². The molecule has 1 saturated carbocycles. The molecule has 0 N–H and O–H groups in total. The third kappa shape index (κ3) is 0.671. The molecule has 2 nitrogen and oxygen atoms in total. The third-order valence-electron chi connectivity index (χ3n) is 3.80. The second-order valence-electron chi connectivity index (χ2n) is 4.52. The van der Waals surface area contributed by atoms with Gasteiger partial charge in [0, 0.05) is 23.7 Å². The van der Waals surface area contributed by atoms with E-state index in [9.17, 15) is 0 Å². The van der Waals surface area contributed by atoms with Gasteiger partial charge < -0.3 is 4.40 Å². The van der Waals surface area contributed by atoms with Crippen LogP contribution in [0.2, 0.25) is 0 Å². The average molecular weight is 184 g/mol. The Kier molecular flexibility index (Phi) is 1.10. The maximum atomic E-state index is 4.74. The lowest BCUT2D eigenvalue weighted by molar-refractivity contribution is 0.690. The van der Waals surface area contributed by atoms with Crippen LogP contribution in [0, 0.1) is 0 Å². The first-order chi connectivity index (χ1) is 6.93. The molecule has 0 saturated heterocycles. The van der Waals surface area contributed by atoms with Gasteiger partial charge in [0.25, 0.3) is 0 Å². The van der Waals surface area contributed by atoms with Crippen molar-refractivity contribution in [1.29, 1.82) is 0 Å². The Bertz CT molecular complexity index is 512. The monoisotopic (exact) mass is 184 g/mol. The first-order valence-corrected chi connectivity index (χ1v) is 5.40. The Balaban J connectivity index is 2.13. The first kappa shape index (κ1) is 7.04. The van der Waals surface area contributed by atoms with Gasteiger partial charge in [0.05, 0.1) is 5.69 Å². The van der Waals surface area contributed by atoms with Gasteiger partial charge in [0.2, 0.25) is 0 Å². The highest BCUT2D eigenvalue weighted by atomic mass is 15.0. The molecule has 4 rings (SSSR count). The number of rotatable bonds is 0. The third-order valence-corrected chi connectivity index (χ3v) is 3.80. The predicted octanol–water partition coefficient (Wildman–Crippen LogP) is 2.70.